The maximum atomic E-state index is 12.3. The van der Waals surface area contributed by atoms with Crippen LogP contribution < -0.4 is 14.8 Å². The summed E-state index contributed by atoms with van der Waals surface area (Å²) < 4.78 is 35.6. The van der Waals surface area contributed by atoms with Gasteiger partial charge in [0.05, 0.1) is 32.7 Å². The zero-order valence-electron chi connectivity index (χ0n) is 15.5. The predicted octanol–water partition coefficient (Wildman–Crippen LogP) is 1.29. The Morgan fingerprint density at radius 3 is 2.48 bits per heavy atom. The average Bonchev–Trinajstić information content (AvgIpc) is 2.66. The second kappa shape index (κ2) is 9.33. The zero-order valence-corrected chi connectivity index (χ0v) is 16.3. The van der Waals surface area contributed by atoms with E-state index in [0.29, 0.717) is 22.8 Å². The molecule has 1 aromatic heterocycles. The summed E-state index contributed by atoms with van der Waals surface area (Å²) in [4.78, 5) is 16.5. The van der Waals surface area contributed by atoms with Crippen LogP contribution in [0, 0.1) is 0 Å². The second-order valence-electron chi connectivity index (χ2n) is 5.74. The molecule has 8 nitrogen and oxygen atoms in total. The van der Waals surface area contributed by atoms with E-state index < -0.39 is 10.0 Å². The lowest BCUT2D eigenvalue weighted by molar-refractivity contribution is 0.0951. The van der Waals surface area contributed by atoms with Crippen LogP contribution in [0.5, 0.6) is 11.5 Å². The number of methoxy groups -OCH3 is 2. The first-order valence-electron chi connectivity index (χ1n) is 8.20. The van der Waals surface area contributed by atoms with Gasteiger partial charge in [0.2, 0.25) is 10.0 Å². The Kier molecular flexibility index (Phi) is 7.14. The van der Waals surface area contributed by atoms with Gasteiger partial charge in [-0.25, -0.2) is 8.42 Å². The third kappa shape index (κ3) is 5.93. The molecule has 0 bridgehead atoms. The van der Waals surface area contributed by atoms with Crippen molar-refractivity contribution in [2.24, 2.45) is 0 Å². The fourth-order valence-corrected chi connectivity index (χ4v) is 3.20. The molecule has 2 aromatic rings. The summed E-state index contributed by atoms with van der Waals surface area (Å²) in [5, 5.41) is 2.71. The molecule has 0 atom stereocenters. The number of hydrogen-bond donors (Lipinski definition) is 1. The SMILES string of the molecule is COc1ccc(C(=O)NCCN(Cc2ccccn2)S(C)(=O)=O)cc1OC. The molecule has 0 radical (unpaired) electrons. The maximum absolute atomic E-state index is 12.3. The second-order valence-corrected chi connectivity index (χ2v) is 7.73. The molecule has 0 aliphatic carbocycles. The molecule has 0 unspecified atom stereocenters. The van der Waals surface area contributed by atoms with Gasteiger partial charge in [-0.05, 0) is 30.3 Å². The number of carbonyl (C=O) groups excluding carboxylic acids is 1. The van der Waals surface area contributed by atoms with Gasteiger partial charge < -0.3 is 14.8 Å². The van der Waals surface area contributed by atoms with E-state index in [4.69, 9.17) is 9.47 Å². The third-order valence-electron chi connectivity index (χ3n) is 3.83. The number of sulfonamides is 1. The standard InChI is InChI=1S/C18H23N3O5S/c1-25-16-8-7-14(12-17(16)26-2)18(22)20-10-11-21(27(3,23)24)13-15-6-4-5-9-19-15/h4-9,12H,10-11,13H2,1-3H3,(H,20,22). The van der Waals surface area contributed by atoms with Gasteiger partial charge in [0, 0.05) is 24.8 Å². The van der Waals surface area contributed by atoms with Crippen molar-refractivity contribution in [3.05, 3.63) is 53.9 Å². The largest absolute Gasteiger partial charge is 0.493 e. The number of nitrogens with one attached hydrogen (secondary N) is 1. The number of pyridine rings is 1. The maximum Gasteiger partial charge on any atom is 0.251 e. The number of rotatable bonds is 9. The lowest BCUT2D eigenvalue weighted by atomic mass is 10.2. The summed E-state index contributed by atoms with van der Waals surface area (Å²) in [6.45, 7) is 0.438. The normalized spacial score (nSPS) is 11.3. The summed E-state index contributed by atoms with van der Waals surface area (Å²) in [6, 6.07) is 10.1. The van der Waals surface area contributed by atoms with Gasteiger partial charge in [-0.15, -0.1) is 0 Å². The molecule has 1 heterocycles. The number of benzene rings is 1. The molecule has 2 rings (SSSR count). The van der Waals surface area contributed by atoms with Gasteiger partial charge in [0.25, 0.3) is 5.91 Å². The molecule has 0 fully saturated rings. The highest BCUT2D eigenvalue weighted by atomic mass is 32.2. The molecule has 9 heteroatoms. The fourth-order valence-electron chi connectivity index (χ4n) is 2.41. The van der Waals surface area contributed by atoms with Crippen molar-refractivity contribution in [2.75, 3.05) is 33.6 Å². The van der Waals surface area contributed by atoms with Crippen LogP contribution in [0.2, 0.25) is 0 Å². The van der Waals surface area contributed by atoms with Crippen LogP contribution in [0.1, 0.15) is 16.1 Å². The number of hydrogen-bond acceptors (Lipinski definition) is 6. The lowest BCUT2D eigenvalue weighted by Gasteiger charge is -2.19. The van der Waals surface area contributed by atoms with Crippen molar-refractivity contribution in [3.63, 3.8) is 0 Å². The van der Waals surface area contributed by atoms with Gasteiger partial charge >= 0.3 is 0 Å². The van der Waals surface area contributed by atoms with Crippen LogP contribution in [0.25, 0.3) is 0 Å². The number of amides is 1. The van der Waals surface area contributed by atoms with E-state index in [-0.39, 0.29) is 25.5 Å². The summed E-state index contributed by atoms with van der Waals surface area (Å²) in [7, 11) is -0.440. The van der Waals surface area contributed by atoms with E-state index in [1.165, 1.54) is 18.5 Å². The number of ether oxygens (including phenoxy) is 2. The van der Waals surface area contributed by atoms with Gasteiger partial charge in [0.15, 0.2) is 11.5 Å². The Labute approximate surface area is 159 Å². The first-order chi connectivity index (χ1) is 12.8. The molecule has 1 aromatic carbocycles. The molecule has 1 amide bonds. The monoisotopic (exact) mass is 393 g/mol. The van der Waals surface area contributed by atoms with Crippen LogP contribution in [-0.4, -0.2) is 57.2 Å². The highest BCUT2D eigenvalue weighted by molar-refractivity contribution is 7.88. The smallest absolute Gasteiger partial charge is 0.251 e. The Morgan fingerprint density at radius 2 is 1.89 bits per heavy atom. The van der Waals surface area contributed by atoms with Crippen molar-refractivity contribution in [3.8, 4) is 11.5 Å². The summed E-state index contributed by atoms with van der Waals surface area (Å²) in [5.41, 5.74) is 1.03. The summed E-state index contributed by atoms with van der Waals surface area (Å²) >= 11 is 0. The zero-order chi connectivity index (χ0) is 19.9. The first-order valence-corrected chi connectivity index (χ1v) is 10.0. The van der Waals surface area contributed by atoms with E-state index in [1.54, 1.807) is 42.6 Å². The minimum absolute atomic E-state index is 0.133. The highest BCUT2D eigenvalue weighted by Crippen LogP contribution is 2.27. The van der Waals surface area contributed by atoms with E-state index >= 15 is 0 Å². The molecular weight excluding hydrogens is 370 g/mol. The van der Waals surface area contributed by atoms with Crippen molar-refractivity contribution < 1.29 is 22.7 Å². The molecule has 27 heavy (non-hydrogen) atoms. The minimum atomic E-state index is -3.44. The average molecular weight is 393 g/mol. The van der Waals surface area contributed by atoms with Crippen molar-refractivity contribution in [1.29, 1.82) is 0 Å². The molecule has 0 saturated heterocycles. The van der Waals surface area contributed by atoms with E-state index in [1.807, 2.05) is 0 Å². The van der Waals surface area contributed by atoms with Crippen molar-refractivity contribution in [2.45, 2.75) is 6.54 Å². The Morgan fingerprint density at radius 1 is 1.15 bits per heavy atom. The van der Waals surface area contributed by atoms with Crippen molar-refractivity contribution >= 4 is 15.9 Å². The van der Waals surface area contributed by atoms with Crippen LogP contribution in [-0.2, 0) is 16.6 Å². The van der Waals surface area contributed by atoms with E-state index in [9.17, 15) is 13.2 Å². The summed E-state index contributed by atoms with van der Waals surface area (Å²) in [6.07, 6.45) is 2.74. The third-order valence-corrected chi connectivity index (χ3v) is 5.08. The van der Waals surface area contributed by atoms with E-state index in [0.717, 1.165) is 6.26 Å². The molecule has 0 aliphatic rings. The Bertz CT molecular complexity index is 872. The van der Waals surface area contributed by atoms with Gasteiger partial charge in [0.1, 0.15) is 0 Å². The highest BCUT2D eigenvalue weighted by Gasteiger charge is 2.18. The molecule has 146 valence electrons. The van der Waals surface area contributed by atoms with Crippen LogP contribution in [0.3, 0.4) is 0 Å². The molecule has 0 aliphatic heterocycles. The van der Waals surface area contributed by atoms with Gasteiger partial charge in [-0.3, -0.25) is 9.78 Å². The van der Waals surface area contributed by atoms with E-state index in [2.05, 4.69) is 10.3 Å². The van der Waals surface area contributed by atoms with Crippen LogP contribution in [0.4, 0.5) is 0 Å². The van der Waals surface area contributed by atoms with Crippen LogP contribution >= 0.6 is 0 Å². The predicted molar refractivity (Wildman–Crippen MR) is 101 cm³/mol. The lowest BCUT2D eigenvalue weighted by Crippen LogP contribution is -2.37. The molecule has 1 N–H and O–H groups in total. The first kappa shape index (κ1) is 20.7. The van der Waals surface area contributed by atoms with Gasteiger partial charge in [-0.2, -0.15) is 4.31 Å². The Hall–Kier alpha value is -2.65. The summed E-state index contributed by atoms with van der Waals surface area (Å²) in [5.74, 6) is 0.632. The minimum Gasteiger partial charge on any atom is -0.493 e. The topological polar surface area (TPSA) is 97.8 Å². The Balaban J connectivity index is 1.99. The number of nitrogens with zero attached hydrogens (tertiary/aromatic N) is 2. The van der Waals surface area contributed by atoms with Gasteiger partial charge in [-0.1, -0.05) is 6.07 Å². The fraction of sp³-hybridized carbons (Fsp3) is 0.333. The quantitative estimate of drug-likeness (QED) is 0.689. The molecule has 0 saturated carbocycles. The number of carbonyl (C=O) groups is 1. The van der Waals surface area contributed by atoms with Crippen LogP contribution in [0.15, 0.2) is 42.6 Å². The van der Waals surface area contributed by atoms with Crippen molar-refractivity contribution in [1.82, 2.24) is 14.6 Å². The molecular formula is C18H23N3O5S. The number of aromatic nitrogens is 1. The molecule has 0 spiro atoms.